The Hall–Kier alpha value is -0.810. The Kier molecular flexibility index (Phi) is 5.28. The maximum Gasteiger partial charge on any atom is 0.317 e. The van der Waals surface area contributed by atoms with Crippen molar-refractivity contribution >= 4 is 6.03 Å². The van der Waals surface area contributed by atoms with E-state index in [0.29, 0.717) is 30.3 Å². The highest BCUT2D eigenvalue weighted by Crippen LogP contribution is 2.27. The topological polar surface area (TPSA) is 53.6 Å². The van der Waals surface area contributed by atoms with E-state index in [9.17, 15) is 4.79 Å². The smallest absolute Gasteiger partial charge is 0.317 e. The van der Waals surface area contributed by atoms with E-state index in [-0.39, 0.29) is 6.03 Å². The summed E-state index contributed by atoms with van der Waals surface area (Å²) in [7, 11) is 0. The second-order valence-corrected chi connectivity index (χ2v) is 8.34. The lowest BCUT2D eigenvalue weighted by molar-refractivity contribution is -0.0515. The van der Waals surface area contributed by atoms with Crippen LogP contribution in [0.15, 0.2) is 0 Å². The number of nitrogens with one attached hydrogen (secondary N) is 2. The molecule has 2 amide bonds. The molecule has 24 heavy (non-hydrogen) atoms. The van der Waals surface area contributed by atoms with Crippen LogP contribution in [0.1, 0.15) is 70.6 Å². The first kappa shape index (κ1) is 16.6. The van der Waals surface area contributed by atoms with Crippen molar-refractivity contribution in [2.45, 2.75) is 101 Å². The maximum atomic E-state index is 12.6. The van der Waals surface area contributed by atoms with Crippen molar-refractivity contribution in [3.05, 3.63) is 0 Å². The zero-order valence-electron chi connectivity index (χ0n) is 14.8. The monoisotopic (exact) mass is 335 g/mol. The van der Waals surface area contributed by atoms with Gasteiger partial charge in [-0.25, -0.2) is 4.79 Å². The van der Waals surface area contributed by atoms with Gasteiger partial charge in [0.05, 0.1) is 12.2 Å². The molecule has 0 aromatic heterocycles. The molecule has 0 aromatic rings. The van der Waals surface area contributed by atoms with E-state index >= 15 is 0 Å². The van der Waals surface area contributed by atoms with Gasteiger partial charge in [-0.15, -0.1) is 0 Å². The molecule has 0 aromatic carbocycles. The quantitative estimate of drug-likeness (QED) is 0.834. The van der Waals surface area contributed by atoms with E-state index in [1.54, 1.807) is 0 Å². The van der Waals surface area contributed by atoms with E-state index in [4.69, 9.17) is 4.74 Å². The SMILES string of the molecule is O=C(NC1CC2CCC(C1)N2)N1CCC(OC2CCCCC2)CC1. The van der Waals surface area contributed by atoms with Gasteiger partial charge in [0.15, 0.2) is 0 Å². The largest absolute Gasteiger partial charge is 0.375 e. The van der Waals surface area contributed by atoms with Crippen LogP contribution in [0.25, 0.3) is 0 Å². The predicted octanol–water partition coefficient (Wildman–Crippen LogP) is 2.79. The Morgan fingerprint density at radius 2 is 1.50 bits per heavy atom. The van der Waals surface area contributed by atoms with Crippen molar-refractivity contribution < 1.29 is 9.53 Å². The molecule has 136 valence electrons. The van der Waals surface area contributed by atoms with Crippen molar-refractivity contribution in [2.75, 3.05) is 13.1 Å². The second kappa shape index (κ2) is 7.61. The summed E-state index contributed by atoms with van der Waals surface area (Å²) >= 11 is 0. The number of urea groups is 1. The van der Waals surface area contributed by atoms with Gasteiger partial charge in [-0.2, -0.15) is 0 Å². The number of hydrogen-bond acceptors (Lipinski definition) is 3. The number of hydrogen-bond donors (Lipinski definition) is 2. The lowest BCUT2D eigenvalue weighted by atomic mass is 9.97. The minimum Gasteiger partial charge on any atom is -0.375 e. The number of nitrogens with zero attached hydrogens (tertiary/aromatic N) is 1. The highest BCUT2D eigenvalue weighted by molar-refractivity contribution is 5.74. The normalized spacial score (nSPS) is 35.2. The number of carbonyl (C=O) groups is 1. The number of carbonyl (C=O) groups excluding carboxylic acids is 1. The summed E-state index contributed by atoms with van der Waals surface area (Å²) in [6.07, 6.45) is 14.1. The molecule has 1 saturated carbocycles. The Balaban J connectivity index is 1.18. The first-order valence-electron chi connectivity index (χ1n) is 10.2. The van der Waals surface area contributed by atoms with Gasteiger partial charge in [0.2, 0.25) is 0 Å². The highest BCUT2D eigenvalue weighted by Gasteiger charge is 2.35. The number of likely N-dealkylation sites (tertiary alicyclic amines) is 1. The molecular formula is C19H33N3O2. The van der Waals surface area contributed by atoms with Crippen molar-refractivity contribution in [3.8, 4) is 0 Å². The van der Waals surface area contributed by atoms with Crippen LogP contribution in [-0.4, -0.2) is 54.4 Å². The van der Waals surface area contributed by atoms with Crippen LogP contribution < -0.4 is 10.6 Å². The number of fused-ring (bicyclic) bond motifs is 2. The molecule has 4 fully saturated rings. The van der Waals surface area contributed by atoms with Crippen LogP contribution >= 0.6 is 0 Å². The third-order valence-corrected chi connectivity index (χ3v) is 6.47. The third-order valence-electron chi connectivity index (χ3n) is 6.47. The fourth-order valence-corrected chi connectivity index (χ4v) is 5.11. The van der Waals surface area contributed by atoms with Crippen LogP contribution in [0.3, 0.4) is 0 Å². The van der Waals surface area contributed by atoms with Crippen molar-refractivity contribution in [2.24, 2.45) is 0 Å². The summed E-state index contributed by atoms with van der Waals surface area (Å²) in [5, 5.41) is 6.93. The lowest BCUT2D eigenvalue weighted by Crippen LogP contribution is -2.53. The number of piperidine rings is 2. The van der Waals surface area contributed by atoms with Gasteiger partial charge >= 0.3 is 6.03 Å². The van der Waals surface area contributed by atoms with E-state index in [1.807, 2.05) is 4.90 Å². The Morgan fingerprint density at radius 3 is 2.17 bits per heavy atom. The van der Waals surface area contributed by atoms with Gasteiger partial charge in [0.1, 0.15) is 0 Å². The van der Waals surface area contributed by atoms with Gasteiger partial charge in [0, 0.05) is 31.2 Å². The van der Waals surface area contributed by atoms with E-state index in [2.05, 4.69) is 10.6 Å². The molecule has 2 unspecified atom stereocenters. The van der Waals surface area contributed by atoms with Gasteiger partial charge < -0.3 is 20.3 Å². The van der Waals surface area contributed by atoms with Crippen molar-refractivity contribution in [1.82, 2.24) is 15.5 Å². The van der Waals surface area contributed by atoms with Gasteiger partial charge in [-0.05, 0) is 51.4 Å². The average Bonchev–Trinajstić information content (AvgIpc) is 2.95. The van der Waals surface area contributed by atoms with E-state index in [1.165, 1.54) is 44.9 Å². The molecule has 3 heterocycles. The van der Waals surface area contributed by atoms with Gasteiger partial charge in [-0.3, -0.25) is 0 Å². The third kappa shape index (κ3) is 4.05. The predicted molar refractivity (Wildman–Crippen MR) is 94.1 cm³/mol. The second-order valence-electron chi connectivity index (χ2n) is 8.34. The summed E-state index contributed by atoms with van der Waals surface area (Å²) in [6.45, 7) is 1.70. The number of amides is 2. The van der Waals surface area contributed by atoms with E-state index in [0.717, 1.165) is 38.8 Å². The average molecular weight is 335 g/mol. The molecule has 5 nitrogen and oxygen atoms in total. The molecule has 4 rings (SSSR count). The molecule has 1 aliphatic carbocycles. The van der Waals surface area contributed by atoms with Gasteiger partial charge in [0.25, 0.3) is 0 Å². The Morgan fingerprint density at radius 1 is 0.875 bits per heavy atom. The summed E-state index contributed by atoms with van der Waals surface area (Å²) in [5.41, 5.74) is 0. The first-order chi connectivity index (χ1) is 11.8. The minimum absolute atomic E-state index is 0.150. The first-order valence-corrected chi connectivity index (χ1v) is 10.2. The zero-order valence-corrected chi connectivity index (χ0v) is 14.8. The maximum absolute atomic E-state index is 12.6. The van der Waals surface area contributed by atoms with Crippen molar-refractivity contribution in [3.63, 3.8) is 0 Å². The summed E-state index contributed by atoms with van der Waals surface area (Å²) in [5.74, 6) is 0. The van der Waals surface area contributed by atoms with Crippen LogP contribution in [0.4, 0.5) is 4.79 Å². The molecule has 0 radical (unpaired) electrons. The molecule has 2 atom stereocenters. The molecule has 3 aliphatic heterocycles. The molecule has 4 aliphatic rings. The number of rotatable bonds is 3. The zero-order chi connectivity index (χ0) is 16.4. The summed E-state index contributed by atoms with van der Waals surface area (Å²) < 4.78 is 6.28. The van der Waals surface area contributed by atoms with Crippen molar-refractivity contribution in [1.29, 1.82) is 0 Å². The minimum atomic E-state index is 0.150. The van der Waals surface area contributed by atoms with E-state index < -0.39 is 0 Å². The fourth-order valence-electron chi connectivity index (χ4n) is 5.11. The highest BCUT2D eigenvalue weighted by atomic mass is 16.5. The number of ether oxygens (including phenoxy) is 1. The van der Waals surface area contributed by atoms with Crippen LogP contribution in [-0.2, 0) is 4.74 Å². The standard InChI is InChI=1S/C19H33N3O2/c23-19(21-16-12-14-6-7-15(13-16)20-14)22-10-8-18(9-11-22)24-17-4-2-1-3-5-17/h14-18,20H,1-13H2,(H,21,23). The Labute approximate surface area is 145 Å². The summed E-state index contributed by atoms with van der Waals surface area (Å²) in [4.78, 5) is 14.6. The summed E-state index contributed by atoms with van der Waals surface area (Å²) in [6, 6.07) is 1.78. The Bertz CT molecular complexity index is 418. The van der Waals surface area contributed by atoms with Crippen LogP contribution in [0.2, 0.25) is 0 Å². The van der Waals surface area contributed by atoms with Gasteiger partial charge in [-0.1, -0.05) is 19.3 Å². The molecule has 2 N–H and O–H groups in total. The molecule has 3 saturated heterocycles. The lowest BCUT2D eigenvalue weighted by Gasteiger charge is -2.36. The fraction of sp³-hybridized carbons (Fsp3) is 0.947. The van der Waals surface area contributed by atoms with Crippen LogP contribution in [0, 0.1) is 0 Å². The molecular weight excluding hydrogens is 302 g/mol. The molecule has 2 bridgehead atoms. The molecule has 5 heteroatoms. The van der Waals surface area contributed by atoms with Crippen LogP contribution in [0.5, 0.6) is 0 Å². The molecule has 0 spiro atoms.